The predicted molar refractivity (Wildman–Crippen MR) is 120 cm³/mol. The molecule has 4 heteroatoms. The highest BCUT2D eigenvalue weighted by atomic mass is 16.3. The number of carbonyl (C=O) groups excluding carboxylic acids is 1. The Bertz CT molecular complexity index is 1090. The maximum atomic E-state index is 13.3. The van der Waals surface area contributed by atoms with Gasteiger partial charge in [-0.05, 0) is 81.8 Å². The molecular formula is C27H32O4. The van der Waals surface area contributed by atoms with Crippen LogP contribution in [0.4, 0.5) is 0 Å². The van der Waals surface area contributed by atoms with Crippen molar-refractivity contribution in [2.45, 2.75) is 72.6 Å². The second-order valence-electron chi connectivity index (χ2n) is 9.38. The molecule has 0 saturated heterocycles. The Kier molecular flexibility index (Phi) is 6.08. The van der Waals surface area contributed by atoms with Crippen LogP contribution in [0.2, 0.25) is 0 Å². The standard InChI is InChI=1S/C27H32O4/c1-18-5-9-22(29-18)12-8-21-16-27(4,14-13-23-10-6-19(2)30-23)17-26(28)25(21)15-24-11-7-20(3)31-24/h5-7,9-11H,8,12-17H2,1-4H3. The van der Waals surface area contributed by atoms with Crippen molar-refractivity contribution >= 4 is 5.78 Å². The van der Waals surface area contributed by atoms with E-state index in [2.05, 4.69) is 6.92 Å². The summed E-state index contributed by atoms with van der Waals surface area (Å²) < 4.78 is 17.3. The van der Waals surface area contributed by atoms with Crippen LogP contribution in [0.1, 0.15) is 67.2 Å². The van der Waals surface area contributed by atoms with Crippen LogP contribution in [-0.4, -0.2) is 5.78 Å². The summed E-state index contributed by atoms with van der Waals surface area (Å²) in [6.07, 6.45) is 5.51. The molecule has 0 saturated carbocycles. The molecular weight excluding hydrogens is 388 g/mol. The molecule has 0 aromatic carbocycles. The lowest BCUT2D eigenvalue weighted by atomic mass is 9.68. The van der Waals surface area contributed by atoms with Crippen LogP contribution >= 0.6 is 0 Å². The van der Waals surface area contributed by atoms with Gasteiger partial charge in [-0.2, -0.15) is 0 Å². The van der Waals surface area contributed by atoms with E-state index in [1.807, 2.05) is 57.2 Å². The quantitative estimate of drug-likeness (QED) is 0.399. The Morgan fingerprint density at radius 3 is 1.84 bits per heavy atom. The molecule has 0 fully saturated rings. The molecule has 31 heavy (non-hydrogen) atoms. The summed E-state index contributed by atoms with van der Waals surface area (Å²) in [6, 6.07) is 12.0. The zero-order valence-corrected chi connectivity index (χ0v) is 19.0. The molecule has 0 aliphatic heterocycles. The lowest BCUT2D eigenvalue weighted by molar-refractivity contribution is -0.118. The first-order valence-corrected chi connectivity index (χ1v) is 11.2. The fourth-order valence-electron chi connectivity index (χ4n) is 4.71. The number of rotatable bonds is 8. The minimum Gasteiger partial charge on any atom is -0.466 e. The third-order valence-electron chi connectivity index (χ3n) is 6.38. The largest absolute Gasteiger partial charge is 0.466 e. The predicted octanol–water partition coefficient (Wildman–Crippen LogP) is 6.86. The van der Waals surface area contributed by atoms with E-state index in [0.29, 0.717) is 12.8 Å². The Balaban J connectivity index is 1.54. The maximum absolute atomic E-state index is 13.3. The van der Waals surface area contributed by atoms with Gasteiger partial charge in [-0.1, -0.05) is 12.5 Å². The summed E-state index contributed by atoms with van der Waals surface area (Å²) in [7, 11) is 0. The third-order valence-corrected chi connectivity index (χ3v) is 6.38. The van der Waals surface area contributed by atoms with Gasteiger partial charge in [0, 0.05) is 31.3 Å². The van der Waals surface area contributed by atoms with Crippen molar-refractivity contribution in [3.63, 3.8) is 0 Å². The monoisotopic (exact) mass is 420 g/mol. The minimum atomic E-state index is -0.0607. The van der Waals surface area contributed by atoms with Gasteiger partial charge in [0.2, 0.25) is 0 Å². The van der Waals surface area contributed by atoms with Gasteiger partial charge in [0.1, 0.15) is 34.6 Å². The van der Waals surface area contributed by atoms with E-state index in [-0.39, 0.29) is 11.2 Å². The van der Waals surface area contributed by atoms with Crippen molar-refractivity contribution in [1.82, 2.24) is 0 Å². The summed E-state index contributed by atoms with van der Waals surface area (Å²) in [5.41, 5.74) is 2.12. The van der Waals surface area contributed by atoms with Crippen molar-refractivity contribution in [3.8, 4) is 0 Å². The molecule has 4 nitrogen and oxygen atoms in total. The Hall–Kier alpha value is -2.75. The van der Waals surface area contributed by atoms with Crippen molar-refractivity contribution in [2.75, 3.05) is 0 Å². The topological polar surface area (TPSA) is 56.5 Å². The van der Waals surface area contributed by atoms with Crippen molar-refractivity contribution < 1.29 is 18.0 Å². The number of allylic oxidation sites excluding steroid dienone is 2. The molecule has 1 unspecified atom stereocenters. The van der Waals surface area contributed by atoms with E-state index in [9.17, 15) is 4.79 Å². The van der Waals surface area contributed by atoms with E-state index >= 15 is 0 Å². The molecule has 0 amide bonds. The summed E-state index contributed by atoms with van der Waals surface area (Å²) in [5.74, 6) is 5.83. The molecule has 3 aromatic heterocycles. The second kappa shape index (κ2) is 8.78. The molecule has 164 valence electrons. The third kappa shape index (κ3) is 5.30. The van der Waals surface area contributed by atoms with Gasteiger partial charge >= 0.3 is 0 Å². The second-order valence-corrected chi connectivity index (χ2v) is 9.38. The van der Waals surface area contributed by atoms with E-state index in [4.69, 9.17) is 13.3 Å². The van der Waals surface area contributed by atoms with E-state index in [0.717, 1.165) is 72.2 Å². The van der Waals surface area contributed by atoms with Gasteiger partial charge in [-0.3, -0.25) is 4.79 Å². The number of hydrogen-bond acceptors (Lipinski definition) is 4. The summed E-state index contributed by atoms with van der Waals surface area (Å²) in [5, 5.41) is 0. The molecule has 0 radical (unpaired) electrons. The van der Waals surface area contributed by atoms with Crippen LogP contribution in [0.15, 0.2) is 60.8 Å². The van der Waals surface area contributed by atoms with Gasteiger partial charge in [-0.15, -0.1) is 0 Å². The highest BCUT2D eigenvalue weighted by molar-refractivity contribution is 5.97. The number of hydrogen-bond donors (Lipinski definition) is 0. The zero-order valence-electron chi connectivity index (χ0n) is 19.0. The molecule has 1 aliphatic rings. The van der Waals surface area contributed by atoms with Crippen LogP contribution in [-0.2, 0) is 24.1 Å². The van der Waals surface area contributed by atoms with Crippen molar-refractivity contribution in [2.24, 2.45) is 5.41 Å². The minimum absolute atomic E-state index is 0.0607. The number of aryl methyl sites for hydroxylation is 5. The summed E-state index contributed by atoms with van der Waals surface area (Å²) in [6.45, 7) is 8.11. The Morgan fingerprint density at radius 1 is 0.742 bits per heavy atom. The first-order valence-electron chi connectivity index (χ1n) is 11.2. The maximum Gasteiger partial charge on any atom is 0.159 e. The lowest BCUT2D eigenvalue weighted by Crippen LogP contribution is -2.30. The van der Waals surface area contributed by atoms with Crippen LogP contribution in [0, 0.1) is 26.2 Å². The summed E-state index contributed by atoms with van der Waals surface area (Å²) >= 11 is 0. The zero-order chi connectivity index (χ0) is 22.0. The van der Waals surface area contributed by atoms with Crippen molar-refractivity contribution in [1.29, 1.82) is 0 Å². The highest BCUT2D eigenvalue weighted by Gasteiger charge is 2.36. The molecule has 4 rings (SSSR count). The number of ketones is 1. The average molecular weight is 421 g/mol. The normalized spacial score (nSPS) is 19.4. The highest BCUT2D eigenvalue weighted by Crippen LogP contribution is 2.43. The van der Waals surface area contributed by atoms with E-state index < -0.39 is 0 Å². The first kappa shape index (κ1) is 21.5. The fraction of sp³-hybridized carbons (Fsp3) is 0.444. The molecule has 1 atom stereocenters. The molecule has 0 bridgehead atoms. The number of furan rings is 3. The number of Topliss-reactive ketones (excluding diaryl/α,β-unsaturated/α-hetero) is 1. The number of carbonyl (C=O) groups is 1. The summed E-state index contributed by atoms with van der Waals surface area (Å²) in [4.78, 5) is 13.3. The van der Waals surface area contributed by atoms with Gasteiger partial charge in [0.15, 0.2) is 5.78 Å². The van der Waals surface area contributed by atoms with Gasteiger partial charge in [0.25, 0.3) is 0 Å². The van der Waals surface area contributed by atoms with Gasteiger partial charge < -0.3 is 13.3 Å². The molecule has 0 spiro atoms. The van der Waals surface area contributed by atoms with Crippen LogP contribution < -0.4 is 0 Å². The molecule has 1 aliphatic carbocycles. The van der Waals surface area contributed by atoms with Crippen LogP contribution in [0.25, 0.3) is 0 Å². The van der Waals surface area contributed by atoms with Gasteiger partial charge in [0.05, 0.1) is 0 Å². The molecule has 3 aromatic rings. The average Bonchev–Trinajstić information content (AvgIpc) is 3.43. The fourth-order valence-corrected chi connectivity index (χ4v) is 4.71. The van der Waals surface area contributed by atoms with Crippen molar-refractivity contribution in [3.05, 3.63) is 82.1 Å². The lowest BCUT2D eigenvalue weighted by Gasteiger charge is -2.35. The molecule has 0 N–H and O–H groups in total. The first-order chi connectivity index (χ1) is 14.8. The molecule has 3 heterocycles. The van der Waals surface area contributed by atoms with Crippen LogP contribution in [0.5, 0.6) is 0 Å². The van der Waals surface area contributed by atoms with Gasteiger partial charge in [-0.25, -0.2) is 0 Å². The Morgan fingerprint density at radius 2 is 1.29 bits per heavy atom. The van der Waals surface area contributed by atoms with E-state index in [1.54, 1.807) is 0 Å². The Labute approximate surface area is 184 Å². The van der Waals surface area contributed by atoms with E-state index in [1.165, 1.54) is 5.57 Å². The van der Waals surface area contributed by atoms with Crippen LogP contribution in [0.3, 0.4) is 0 Å². The smallest absolute Gasteiger partial charge is 0.159 e. The SMILES string of the molecule is Cc1ccc(CCC2=C(Cc3ccc(C)o3)C(=O)CC(C)(CCc3ccc(C)o3)C2)o1.